The summed E-state index contributed by atoms with van der Waals surface area (Å²) < 4.78 is 9.82. The lowest BCUT2D eigenvalue weighted by Crippen LogP contribution is -2.54. The number of ether oxygens (including phenoxy) is 2. The summed E-state index contributed by atoms with van der Waals surface area (Å²) in [6.07, 6.45) is -2.79. The average molecular weight is 337 g/mol. The smallest absolute Gasteiger partial charge is 0.437 e. The largest absolute Gasteiger partial charge is 0.446 e. The van der Waals surface area contributed by atoms with Crippen molar-refractivity contribution in [3.8, 4) is 0 Å². The zero-order valence-electron chi connectivity index (χ0n) is 14.2. The quantitative estimate of drug-likeness (QED) is 0.824. The highest BCUT2D eigenvalue weighted by molar-refractivity contribution is 5.92. The lowest BCUT2D eigenvalue weighted by Gasteiger charge is -2.22. The van der Waals surface area contributed by atoms with E-state index >= 15 is 0 Å². The number of hydrogen-bond donors (Lipinski definition) is 2. The Morgan fingerprint density at radius 3 is 2.12 bits per heavy atom. The van der Waals surface area contributed by atoms with Gasteiger partial charge in [-0.1, -0.05) is 30.3 Å². The Balaban J connectivity index is 2.73. The van der Waals surface area contributed by atoms with Gasteiger partial charge in [0.15, 0.2) is 0 Å². The zero-order valence-corrected chi connectivity index (χ0v) is 14.2. The van der Waals surface area contributed by atoms with Gasteiger partial charge in [-0.2, -0.15) is 0 Å². The third kappa shape index (κ3) is 6.99. The van der Waals surface area contributed by atoms with Gasteiger partial charge in [-0.3, -0.25) is 0 Å². The van der Waals surface area contributed by atoms with Crippen LogP contribution < -0.4 is 10.7 Å². The molecule has 1 rings (SSSR count). The van der Waals surface area contributed by atoms with E-state index in [9.17, 15) is 14.4 Å². The SMILES string of the molecule is CC(C)OC(=O)NN(C(=O)NCc1ccccc1)C(=O)OC(C)C. The summed E-state index contributed by atoms with van der Waals surface area (Å²) in [6, 6.07) is 8.30. The first-order valence-electron chi connectivity index (χ1n) is 7.59. The zero-order chi connectivity index (χ0) is 18.1. The van der Waals surface area contributed by atoms with E-state index in [1.165, 1.54) is 0 Å². The second-order valence-electron chi connectivity index (χ2n) is 5.48. The lowest BCUT2D eigenvalue weighted by atomic mass is 10.2. The summed E-state index contributed by atoms with van der Waals surface area (Å²) in [5.74, 6) is 0. The fourth-order valence-electron chi connectivity index (χ4n) is 1.62. The summed E-state index contributed by atoms with van der Waals surface area (Å²) >= 11 is 0. The predicted molar refractivity (Wildman–Crippen MR) is 86.9 cm³/mol. The summed E-state index contributed by atoms with van der Waals surface area (Å²) in [5, 5.41) is 2.98. The van der Waals surface area contributed by atoms with Gasteiger partial charge in [-0.25, -0.2) is 19.8 Å². The molecular weight excluding hydrogens is 314 g/mol. The van der Waals surface area contributed by atoms with Gasteiger partial charge in [0.05, 0.1) is 12.2 Å². The van der Waals surface area contributed by atoms with E-state index in [1.807, 2.05) is 30.3 Å². The van der Waals surface area contributed by atoms with Crippen LogP contribution in [0.25, 0.3) is 0 Å². The number of imide groups is 1. The Hall–Kier alpha value is -2.77. The van der Waals surface area contributed by atoms with Crippen molar-refractivity contribution in [3.05, 3.63) is 35.9 Å². The molecular formula is C16H23N3O5. The van der Waals surface area contributed by atoms with Crippen LogP contribution in [-0.4, -0.2) is 35.4 Å². The van der Waals surface area contributed by atoms with Gasteiger partial charge in [0.25, 0.3) is 0 Å². The maximum atomic E-state index is 12.2. The van der Waals surface area contributed by atoms with E-state index in [4.69, 9.17) is 9.47 Å². The molecule has 0 saturated carbocycles. The van der Waals surface area contributed by atoms with Crippen LogP contribution in [0, 0.1) is 0 Å². The maximum absolute atomic E-state index is 12.2. The van der Waals surface area contributed by atoms with Crippen LogP contribution in [0.1, 0.15) is 33.3 Å². The Kier molecular flexibility index (Phi) is 7.54. The normalized spacial score (nSPS) is 10.2. The average Bonchev–Trinajstić information content (AvgIpc) is 2.49. The van der Waals surface area contributed by atoms with Crippen molar-refractivity contribution in [1.29, 1.82) is 0 Å². The van der Waals surface area contributed by atoms with Crippen LogP contribution in [0.4, 0.5) is 14.4 Å². The van der Waals surface area contributed by atoms with Crippen LogP contribution in [0.2, 0.25) is 0 Å². The Morgan fingerprint density at radius 1 is 1.00 bits per heavy atom. The van der Waals surface area contributed by atoms with Gasteiger partial charge >= 0.3 is 18.2 Å². The van der Waals surface area contributed by atoms with Gasteiger partial charge in [-0.15, -0.1) is 5.01 Å². The van der Waals surface area contributed by atoms with Crippen LogP contribution in [0.15, 0.2) is 30.3 Å². The number of hydrazine groups is 1. The molecule has 8 nitrogen and oxygen atoms in total. The Bertz CT molecular complexity index is 560. The molecule has 0 atom stereocenters. The van der Waals surface area contributed by atoms with E-state index in [-0.39, 0.29) is 6.54 Å². The number of nitrogens with one attached hydrogen (secondary N) is 2. The van der Waals surface area contributed by atoms with Crippen molar-refractivity contribution >= 4 is 18.2 Å². The summed E-state index contributed by atoms with van der Waals surface area (Å²) in [5.41, 5.74) is 2.92. The van der Waals surface area contributed by atoms with E-state index < -0.39 is 30.4 Å². The molecule has 0 saturated heterocycles. The molecule has 132 valence electrons. The molecule has 0 bridgehead atoms. The number of carbonyl (C=O) groups excluding carboxylic acids is 3. The molecule has 0 fully saturated rings. The number of carbonyl (C=O) groups is 3. The van der Waals surface area contributed by atoms with Crippen molar-refractivity contribution < 1.29 is 23.9 Å². The number of rotatable bonds is 4. The Labute approximate surface area is 141 Å². The van der Waals surface area contributed by atoms with Gasteiger partial charge in [0, 0.05) is 6.54 Å². The molecule has 0 heterocycles. The highest BCUT2D eigenvalue weighted by Crippen LogP contribution is 2.01. The molecule has 0 radical (unpaired) electrons. The molecule has 0 aliphatic carbocycles. The number of benzene rings is 1. The van der Waals surface area contributed by atoms with Crippen LogP contribution in [0.3, 0.4) is 0 Å². The fourth-order valence-corrected chi connectivity index (χ4v) is 1.62. The van der Waals surface area contributed by atoms with E-state index in [1.54, 1.807) is 27.7 Å². The van der Waals surface area contributed by atoms with Crippen molar-refractivity contribution in [1.82, 2.24) is 15.8 Å². The second kappa shape index (κ2) is 9.39. The minimum absolute atomic E-state index is 0.187. The first kappa shape index (κ1) is 19.3. The van der Waals surface area contributed by atoms with Crippen molar-refractivity contribution in [2.45, 2.75) is 46.4 Å². The maximum Gasteiger partial charge on any atom is 0.437 e. The molecule has 0 spiro atoms. The standard InChI is InChI=1S/C16H23N3O5/c1-11(2)23-15(21)18-19(16(22)24-12(3)4)14(20)17-10-13-8-6-5-7-9-13/h5-9,11-12H,10H2,1-4H3,(H,17,20)(H,18,21). The number of urea groups is 1. The topological polar surface area (TPSA) is 97.0 Å². The first-order valence-corrected chi connectivity index (χ1v) is 7.59. The van der Waals surface area contributed by atoms with Crippen molar-refractivity contribution in [2.75, 3.05) is 0 Å². The molecule has 2 N–H and O–H groups in total. The third-order valence-electron chi connectivity index (χ3n) is 2.55. The second-order valence-corrected chi connectivity index (χ2v) is 5.48. The van der Waals surface area contributed by atoms with E-state index in [0.29, 0.717) is 5.01 Å². The molecule has 1 aromatic carbocycles. The number of hydrogen-bond acceptors (Lipinski definition) is 5. The fraction of sp³-hybridized carbons (Fsp3) is 0.438. The number of nitrogens with zero attached hydrogens (tertiary/aromatic N) is 1. The highest BCUT2D eigenvalue weighted by atomic mass is 16.6. The highest BCUT2D eigenvalue weighted by Gasteiger charge is 2.27. The summed E-state index contributed by atoms with van der Waals surface area (Å²) in [6.45, 7) is 6.73. The van der Waals surface area contributed by atoms with Crippen LogP contribution in [-0.2, 0) is 16.0 Å². The van der Waals surface area contributed by atoms with E-state index in [0.717, 1.165) is 5.56 Å². The minimum Gasteiger partial charge on any atom is -0.446 e. The molecule has 0 aliphatic rings. The Morgan fingerprint density at radius 2 is 1.58 bits per heavy atom. The molecule has 8 heteroatoms. The molecule has 0 aromatic heterocycles. The summed E-state index contributed by atoms with van der Waals surface area (Å²) in [4.78, 5) is 35.9. The predicted octanol–water partition coefficient (Wildman–Crippen LogP) is 2.79. The van der Waals surface area contributed by atoms with Gasteiger partial charge in [-0.05, 0) is 33.3 Å². The third-order valence-corrected chi connectivity index (χ3v) is 2.55. The molecule has 24 heavy (non-hydrogen) atoms. The molecule has 4 amide bonds. The summed E-state index contributed by atoms with van der Waals surface area (Å²) in [7, 11) is 0. The van der Waals surface area contributed by atoms with Gasteiger partial charge < -0.3 is 14.8 Å². The number of amides is 4. The lowest BCUT2D eigenvalue weighted by molar-refractivity contribution is 0.0578. The van der Waals surface area contributed by atoms with E-state index in [2.05, 4.69) is 10.7 Å². The molecule has 0 unspecified atom stereocenters. The molecule has 0 aliphatic heterocycles. The monoisotopic (exact) mass is 337 g/mol. The van der Waals surface area contributed by atoms with Gasteiger partial charge in [0.2, 0.25) is 0 Å². The molecule has 1 aromatic rings. The first-order chi connectivity index (χ1) is 11.3. The van der Waals surface area contributed by atoms with Crippen LogP contribution in [0.5, 0.6) is 0 Å². The van der Waals surface area contributed by atoms with Crippen molar-refractivity contribution in [3.63, 3.8) is 0 Å². The van der Waals surface area contributed by atoms with Gasteiger partial charge in [0.1, 0.15) is 0 Å². The van der Waals surface area contributed by atoms with Crippen molar-refractivity contribution in [2.24, 2.45) is 0 Å². The van der Waals surface area contributed by atoms with Crippen LogP contribution >= 0.6 is 0 Å². The minimum atomic E-state index is -1.00.